The van der Waals surface area contributed by atoms with Crippen LogP contribution in [0.15, 0.2) is 71.3 Å². The van der Waals surface area contributed by atoms with Crippen molar-refractivity contribution in [1.29, 1.82) is 0 Å². The van der Waals surface area contributed by atoms with Crippen LogP contribution in [0.5, 0.6) is 5.75 Å². The predicted octanol–water partition coefficient (Wildman–Crippen LogP) is 5.24. The summed E-state index contributed by atoms with van der Waals surface area (Å²) < 4.78 is 11.8. The first-order valence-electron chi connectivity index (χ1n) is 9.35. The van der Waals surface area contributed by atoms with Gasteiger partial charge in [-0.25, -0.2) is 9.78 Å². The van der Waals surface area contributed by atoms with Crippen LogP contribution in [0.1, 0.15) is 28.4 Å². The van der Waals surface area contributed by atoms with Crippen molar-refractivity contribution < 1.29 is 14.3 Å². The van der Waals surface area contributed by atoms with Crippen molar-refractivity contribution in [3.63, 3.8) is 0 Å². The summed E-state index contributed by atoms with van der Waals surface area (Å²) in [6, 6.07) is 19.7. The lowest BCUT2D eigenvalue weighted by molar-refractivity contribution is 0.0600. The summed E-state index contributed by atoms with van der Waals surface area (Å²) in [7, 11) is 1.36. The number of nitrogens with zero attached hydrogens (tertiary/aromatic N) is 2. The monoisotopic (exact) mass is 454 g/mol. The number of carbonyl (C=O) groups excluding carboxylic acids is 1. The van der Waals surface area contributed by atoms with Crippen LogP contribution in [0.2, 0.25) is 0 Å². The number of rotatable bonds is 8. The fourth-order valence-electron chi connectivity index (χ4n) is 2.92. The van der Waals surface area contributed by atoms with Gasteiger partial charge in [0.25, 0.3) is 0 Å². The van der Waals surface area contributed by atoms with E-state index in [1.807, 2.05) is 48.5 Å². The summed E-state index contributed by atoms with van der Waals surface area (Å²) in [4.78, 5) is 18.2. The number of carbonyl (C=O) groups is 1. The van der Waals surface area contributed by atoms with Crippen LogP contribution in [0.25, 0.3) is 0 Å². The average molecular weight is 455 g/mol. The van der Waals surface area contributed by atoms with Crippen molar-refractivity contribution in [3.8, 4) is 5.75 Å². The van der Waals surface area contributed by atoms with Gasteiger partial charge >= 0.3 is 5.97 Å². The van der Waals surface area contributed by atoms with E-state index in [9.17, 15) is 4.79 Å². The Morgan fingerprint density at radius 2 is 1.90 bits per heavy atom. The normalized spacial score (nSPS) is 10.4. The third-order valence-corrected chi connectivity index (χ3v) is 4.99. The van der Waals surface area contributed by atoms with Crippen LogP contribution < -0.4 is 9.64 Å². The van der Waals surface area contributed by atoms with Crippen LogP contribution in [-0.2, 0) is 17.9 Å². The first kappa shape index (κ1) is 20.9. The highest BCUT2D eigenvalue weighted by Crippen LogP contribution is 2.27. The molecule has 0 saturated carbocycles. The highest BCUT2D eigenvalue weighted by Gasteiger charge is 2.13. The number of pyridine rings is 1. The third-order valence-electron chi connectivity index (χ3n) is 4.50. The minimum atomic E-state index is -0.393. The van der Waals surface area contributed by atoms with Crippen molar-refractivity contribution in [3.05, 3.63) is 88.0 Å². The number of hydrogen-bond donors (Lipinski definition) is 0. The Labute approximate surface area is 179 Å². The summed E-state index contributed by atoms with van der Waals surface area (Å²) in [6.07, 6.45) is 1.54. The molecule has 3 aromatic rings. The summed E-state index contributed by atoms with van der Waals surface area (Å²) in [5.74, 6) is 1.23. The first-order valence-corrected chi connectivity index (χ1v) is 10.1. The molecule has 0 N–H and O–H groups in total. The number of hydrogen-bond acceptors (Lipinski definition) is 5. The minimum absolute atomic E-state index is 0.393. The molecule has 0 aliphatic heterocycles. The maximum atomic E-state index is 11.6. The summed E-state index contributed by atoms with van der Waals surface area (Å²) in [5.41, 5.74) is 2.60. The van der Waals surface area contributed by atoms with E-state index in [4.69, 9.17) is 9.47 Å². The number of aromatic nitrogens is 1. The lowest BCUT2D eigenvalue weighted by Crippen LogP contribution is -2.23. The fourth-order valence-corrected chi connectivity index (χ4v) is 3.33. The fraction of sp³-hybridized carbons (Fsp3) is 0.217. The molecule has 29 heavy (non-hydrogen) atoms. The number of benzene rings is 2. The van der Waals surface area contributed by atoms with E-state index in [1.165, 1.54) is 13.3 Å². The Morgan fingerprint density at radius 3 is 2.55 bits per heavy atom. The van der Waals surface area contributed by atoms with Crippen molar-refractivity contribution in [2.45, 2.75) is 20.1 Å². The maximum absolute atomic E-state index is 11.6. The van der Waals surface area contributed by atoms with Gasteiger partial charge in [-0.3, -0.25) is 0 Å². The van der Waals surface area contributed by atoms with Crippen LogP contribution in [0.4, 0.5) is 5.82 Å². The van der Waals surface area contributed by atoms with Crippen LogP contribution >= 0.6 is 15.9 Å². The van der Waals surface area contributed by atoms with Gasteiger partial charge in [-0.2, -0.15) is 0 Å². The van der Waals surface area contributed by atoms with Crippen LogP contribution in [0, 0.1) is 0 Å². The van der Waals surface area contributed by atoms with Gasteiger partial charge in [0.05, 0.1) is 12.7 Å². The SMILES string of the molecule is CCN(Cc1cc(Br)ccc1OCc1ccccc1)c1ccc(C(=O)OC)cn1. The smallest absolute Gasteiger partial charge is 0.339 e. The van der Waals surface area contributed by atoms with Gasteiger partial charge in [-0.15, -0.1) is 0 Å². The Balaban J connectivity index is 1.78. The second-order valence-corrected chi connectivity index (χ2v) is 7.35. The molecule has 1 aromatic heterocycles. The van der Waals surface area contributed by atoms with Gasteiger partial charge in [-0.1, -0.05) is 46.3 Å². The molecule has 0 saturated heterocycles. The third kappa shape index (κ3) is 5.57. The number of anilines is 1. The Bertz CT molecular complexity index is 946. The molecule has 3 rings (SSSR count). The van der Waals surface area contributed by atoms with E-state index in [-0.39, 0.29) is 0 Å². The average Bonchev–Trinajstić information content (AvgIpc) is 2.77. The summed E-state index contributed by atoms with van der Waals surface area (Å²) in [6.45, 7) is 3.96. The first-order chi connectivity index (χ1) is 14.1. The van der Waals surface area contributed by atoms with Gasteiger partial charge in [0.1, 0.15) is 18.2 Å². The van der Waals surface area contributed by atoms with Crippen LogP contribution in [-0.4, -0.2) is 24.6 Å². The number of halogens is 1. The lowest BCUT2D eigenvalue weighted by Gasteiger charge is -2.23. The molecule has 0 bridgehead atoms. The zero-order valence-corrected chi connectivity index (χ0v) is 18.1. The predicted molar refractivity (Wildman–Crippen MR) is 117 cm³/mol. The van der Waals surface area contributed by atoms with Crippen molar-refractivity contribution in [2.24, 2.45) is 0 Å². The zero-order valence-electron chi connectivity index (χ0n) is 16.5. The number of ether oxygens (including phenoxy) is 2. The van der Waals surface area contributed by atoms with E-state index in [0.29, 0.717) is 18.7 Å². The number of esters is 1. The molecular weight excluding hydrogens is 432 g/mol. The molecular formula is C23H23BrN2O3. The minimum Gasteiger partial charge on any atom is -0.489 e. The van der Waals surface area contributed by atoms with E-state index in [1.54, 1.807) is 6.07 Å². The van der Waals surface area contributed by atoms with Gasteiger partial charge < -0.3 is 14.4 Å². The molecule has 0 aliphatic rings. The van der Waals surface area contributed by atoms with Gasteiger partial charge in [0.15, 0.2) is 0 Å². The van der Waals surface area contributed by atoms with Gasteiger partial charge in [0, 0.05) is 29.3 Å². The second-order valence-electron chi connectivity index (χ2n) is 6.44. The largest absolute Gasteiger partial charge is 0.489 e. The van der Waals surface area contributed by atoms with Crippen molar-refractivity contribution in [2.75, 3.05) is 18.6 Å². The molecule has 1 heterocycles. The van der Waals surface area contributed by atoms with Crippen molar-refractivity contribution >= 4 is 27.7 Å². The number of methoxy groups -OCH3 is 1. The highest BCUT2D eigenvalue weighted by molar-refractivity contribution is 9.10. The second kappa shape index (κ2) is 10.1. The van der Waals surface area contributed by atoms with Crippen molar-refractivity contribution in [1.82, 2.24) is 4.98 Å². The van der Waals surface area contributed by atoms with Gasteiger partial charge in [-0.05, 0) is 42.8 Å². The molecule has 0 atom stereocenters. The van der Waals surface area contributed by atoms with E-state index >= 15 is 0 Å². The summed E-state index contributed by atoms with van der Waals surface area (Å²) >= 11 is 3.55. The standard InChI is InChI=1S/C23H23BrN2O3/c1-3-26(22-12-9-18(14-25-22)23(27)28-2)15-19-13-20(24)10-11-21(19)29-16-17-7-5-4-6-8-17/h4-14H,3,15-16H2,1-2H3. The molecule has 0 radical (unpaired) electrons. The molecule has 0 aliphatic carbocycles. The molecule has 2 aromatic carbocycles. The maximum Gasteiger partial charge on any atom is 0.339 e. The quantitative estimate of drug-likeness (QED) is 0.435. The molecule has 0 amide bonds. The molecule has 150 valence electrons. The topological polar surface area (TPSA) is 51.7 Å². The van der Waals surface area contributed by atoms with E-state index < -0.39 is 5.97 Å². The van der Waals surface area contributed by atoms with Crippen LogP contribution in [0.3, 0.4) is 0 Å². The van der Waals surface area contributed by atoms with Gasteiger partial charge in [0.2, 0.25) is 0 Å². The van der Waals surface area contributed by atoms with E-state index in [2.05, 4.69) is 38.8 Å². The lowest BCUT2D eigenvalue weighted by atomic mass is 10.1. The summed E-state index contributed by atoms with van der Waals surface area (Å²) in [5, 5.41) is 0. The zero-order chi connectivity index (χ0) is 20.6. The molecule has 0 unspecified atom stereocenters. The van der Waals surface area contributed by atoms with E-state index in [0.717, 1.165) is 33.7 Å². The molecule has 0 spiro atoms. The molecule has 6 heteroatoms. The molecule has 0 fully saturated rings. The Kier molecular flexibility index (Phi) is 7.25. The Morgan fingerprint density at radius 1 is 1.10 bits per heavy atom. The highest BCUT2D eigenvalue weighted by atomic mass is 79.9. The molecule has 5 nitrogen and oxygen atoms in total. The Hall–Kier alpha value is -2.86.